The Kier molecular flexibility index (Phi) is 6.65. The van der Waals surface area contributed by atoms with E-state index < -0.39 is 0 Å². The van der Waals surface area contributed by atoms with Crippen LogP contribution in [0, 0.1) is 6.92 Å². The van der Waals surface area contributed by atoms with Gasteiger partial charge in [0, 0.05) is 36.4 Å². The Morgan fingerprint density at radius 3 is 2.21 bits per heavy atom. The van der Waals surface area contributed by atoms with E-state index in [4.69, 9.17) is 0 Å². The molecule has 1 heterocycles. The van der Waals surface area contributed by atoms with Crippen LogP contribution >= 0.6 is 0 Å². The molecule has 0 radical (unpaired) electrons. The van der Waals surface area contributed by atoms with Gasteiger partial charge in [-0.2, -0.15) is 0 Å². The third kappa shape index (κ3) is 5.02. The van der Waals surface area contributed by atoms with Gasteiger partial charge < -0.3 is 10.2 Å². The molecule has 0 aliphatic heterocycles. The zero-order chi connectivity index (χ0) is 20.8. The van der Waals surface area contributed by atoms with E-state index >= 15 is 0 Å². The Morgan fingerprint density at radius 2 is 1.62 bits per heavy atom. The molecule has 1 amide bonds. The van der Waals surface area contributed by atoms with Crippen LogP contribution in [0.3, 0.4) is 0 Å². The minimum atomic E-state index is -0.219. The second-order valence-corrected chi connectivity index (χ2v) is 7.24. The number of hydrogen-bond donors (Lipinski definition) is 1. The lowest BCUT2D eigenvalue weighted by Crippen LogP contribution is -2.22. The number of nitrogens with zero attached hydrogens (tertiary/aromatic N) is 2. The smallest absolute Gasteiger partial charge is 0.231 e. The van der Waals surface area contributed by atoms with Gasteiger partial charge in [0.1, 0.15) is 0 Å². The average molecular weight is 388 g/mol. The summed E-state index contributed by atoms with van der Waals surface area (Å²) in [7, 11) is 0. The van der Waals surface area contributed by atoms with Crippen molar-refractivity contribution in [2.75, 3.05) is 23.3 Å². The van der Waals surface area contributed by atoms with Crippen molar-refractivity contribution in [2.45, 2.75) is 33.6 Å². The molecule has 4 heteroatoms. The Hall–Kier alpha value is -3.14. The number of amides is 1. The Labute approximate surface area is 173 Å². The number of nitrogens with one attached hydrogen (secondary N) is 1. The van der Waals surface area contributed by atoms with E-state index in [0.717, 1.165) is 41.2 Å². The van der Waals surface area contributed by atoms with E-state index in [0.29, 0.717) is 0 Å². The van der Waals surface area contributed by atoms with Crippen molar-refractivity contribution < 1.29 is 4.79 Å². The maximum atomic E-state index is 12.7. The molecule has 4 nitrogen and oxygen atoms in total. The lowest BCUT2D eigenvalue weighted by Gasteiger charge is -2.21. The molecular weight excluding hydrogens is 358 g/mol. The Bertz CT molecular complexity index is 945. The summed E-state index contributed by atoms with van der Waals surface area (Å²) >= 11 is 0. The summed E-state index contributed by atoms with van der Waals surface area (Å²) in [5, 5.41) is 3.03. The maximum Gasteiger partial charge on any atom is 0.231 e. The molecule has 0 aliphatic rings. The summed E-state index contributed by atoms with van der Waals surface area (Å²) in [5.74, 6) is -0.226. The second kappa shape index (κ2) is 9.37. The summed E-state index contributed by atoms with van der Waals surface area (Å²) < 4.78 is 0. The molecule has 29 heavy (non-hydrogen) atoms. The first kappa shape index (κ1) is 20.6. The molecule has 1 unspecified atom stereocenters. The molecule has 2 aromatic carbocycles. The Balaban J connectivity index is 1.66. The van der Waals surface area contributed by atoms with E-state index in [1.807, 2.05) is 62.5 Å². The third-order valence-corrected chi connectivity index (χ3v) is 5.30. The summed E-state index contributed by atoms with van der Waals surface area (Å²) in [4.78, 5) is 19.2. The van der Waals surface area contributed by atoms with Crippen LogP contribution in [-0.2, 0) is 4.79 Å². The van der Waals surface area contributed by atoms with Crippen molar-refractivity contribution >= 4 is 17.3 Å². The molecular formula is C25H29N3O. The van der Waals surface area contributed by atoms with Crippen molar-refractivity contribution in [3.05, 3.63) is 78.1 Å². The number of pyridine rings is 1. The van der Waals surface area contributed by atoms with Gasteiger partial charge in [-0.05, 0) is 80.8 Å². The zero-order valence-electron chi connectivity index (χ0n) is 17.6. The van der Waals surface area contributed by atoms with Gasteiger partial charge in [-0.3, -0.25) is 9.78 Å². The minimum absolute atomic E-state index is 0.00639. The molecule has 0 spiro atoms. The molecule has 3 rings (SSSR count). The molecule has 0 saturated heterocycles. The fourth-order valence-electron chi connectivity index (χ4n) is 3.44. The van der Waals surface area contributed by atoms with E-state index in [2.05, 4.69) is 47.2 Å². The van der Waals surface area contributed by atoms with E-state index in [1.165, 1.54) is 5.69 Å². The van der Waals surface area contributed by atoms with Crippen molar-refractivity contribution in [3.8, 4) is 11.1 Å². The van der Waals surface area contributed by atoms with Gasteiger partial charge >= 0.3 is 0 Å². The van der Waals surface area contributed by atoms with Gasteiger partial charge in [0.25, 0.3) is 0 Å². The largest absolute Gasteiger partial charge is 0.372 e. The number of carbonyl (C=O) groups excluding carboxylic acids is 1. The SMILES string of the molecule is CCN(CC)c1ccc(C(C)C(=O)Nc2ccc(-c3ccnc(C)c3)cc2)cc1. The standard InChI is InChI=1S/C25H29N3O/c1-5-28(6-2)24-13-9-20(10-14-24)19(4)25(29)27-23-11-7-21(8-12-23)22-15-16-26-18(3)17-22/h7-17,19H,5-6H2,1-4H3,(H,27,29). The number of benzene rings is 2. The molecule has 0 fully saturated rings. The fraction of sp³-hybridized carbons (Fsp3) is 0.280. The highest BCUT2D eigenvalue weighted by Crippen LogP contribution is 2.24. The van der Waals surface area contributed by atoms with E-state index in [9.17, 15) is 4.79 Å². The summed E-state index contributed by atoms with van der Waals surface area (Å²) in [6.07, 6.45) is 1.81. The normalized spacial score (nSPS) is 11.7. The highest BCUT2D eigenvalue weighted by atomic mass is 16.1. The fourth-order valence-corrected chi connectivity index (χ4v) is 3.44. The molecule has 1 atom stereocenters. The average Bonchev–Trinajstić information content (AvgIpc) is 2.75. The zero-order valence-corrected chi connectivity index (χ0v) is 17.6. The lowest BCUT2D eigenvalue weighted by atomic mass is 9.99. The predicted octanol–water partition coefficient (Wildman–Crippen LogP) is 5.65. The second-order valence-electron chi connectivity index (χ2n) is 7.24. The van der Waals surface area contributed by atoms with Crippen LogP contribution < -0.4 is 10.2 Å². The number of rotatable bonds is 7. The van der Waals surface area contributed by atoms with Gasteiger partial charge in [0.2, 0.25) is 5.91 Å². The first-order valence-electron chi connectivity index (χ1n) is 10.2. The van der Waals surface area contributed by atoms with Crippen LogP contribution in [0.25, 0.3) is 11.1 Å². The molecule has 0 saturated carbocycles. The van der Waals surface area contributed by atoms with Gasteiger partial charge in [-0.15, -0.1) is 0 Å². The van der Waals surface area contributed by atoms with Crippen molar-refractivity contribution in [1.29, 1.82) is 0 Å². The molecule has 3 aromatic rings. The van der Waals surface area contributed by atoms with Gasteiger partial charge in [0.05, 0.1) is 5.92 Å². The topological polar surface area (TPSA) is 45.2 Å². The molecule has 0 bridgehead atoms. The maximum absolute atomic E-state index is 12.7. The van der Waals surface area contributed by atoms with Gasteiger partial charge in [-0.1, -0.05) is 24.3 Å². The molecule has 0 aliphatic carbocycles. The number of aryl methyl sites for hydroxylation is 1. The first-order chi connectivity index (χ1) is 14.0. The van der Waals surface area contributed by atoms with Crippen LogP contribution in [0.2, 0.25) is 0 Å². The van der Waals surface area contributed by atoms with E-state index in [1.54, 1.807) is 0 Å². The molecule has 1 aromatic heterocycles. The van der Waals surface area contributed by atoms with Crippen LogP contribution in [0.15, 0.2) is 66.9 Å². The summed E-state index contributed by atoms with van der Waals surface area (Å²) in [6.45, 7) is 10.2. The van der Waals surface area contributed by atoms with Crippen molar-refractivity contribution in [2.24, 2.45) is 0 Å². The number of hydrogen-bond acceptors (Lipinski definition) is 3. The lowest BCUT2D eigenvalue weighted by molar-refractivity contribution is -0.117. The first-order valence-corrected chi connectivity index (χ1v) is 10.2. The summed E-state index contributed by atoms with van der Waals surface area (Å²) in [5.41, 5.74) is 6.22. The van der Waals surface area contributed by atoms with E-state index in [-0.39, 0.29) is 11.8 Å². The van der Waals surface area contributed by atoms with Crippen LogP contribution in [0.1, 0.15) is 37.9 Å². The quantitative estimate of drug-likeness (QED) is 0.570. The minimum Gasteiger partial charge on any atom is -0.372 e. The number of anilines is 2. The monoisotopic (exact) mass is 387 g/mol. The Morgan fingerprint density at radius 1 is 0.966 bits per heavy atom. The van der Waals surface area contributed by atoms with Crippen LogP contribution in [0.4, 0.5) is 11.4 Å². The highest BCUT2D eigenvalue weighted by molar-refractivity contribution is 5.95. The highest BCUT2D eigenvalue weighted by Gasteiger charge is 2.16. The van der Waals surface area contributed by atoms with Crippen molar-refractivity contribution in [1.82, 2.24) is 4.98 Å². The third-order valence-electron chi connectivity index (χ3n) is 5.30. The molecule has 1 N–H and O–H groups in total. The predicted molar refractivity (Wildman–Crippen MR) is 121 cm³/mol. The van der Waals surface area contributed by atoms with Crippen molar-refractivity contribution in [3.63, 3.8) is 0 Å². The van der Waals surface area contributed by atoms with Crippen LogP contribution in [-0.4, -0.2) is 24.0 Å². The van der Waals surface area contributed by atoms with Crippen LogP contribution in [0.5, 0.6) is 0 Å². The van der Waals surface area contributed by atoms with Gasteiger partial charge in [-0.25, -0.2) is 0 Å². The summed E-state index contributed by atoms with van der Waals surface area (Å²) in [6, 6.07) is 20.3. The number of carbonyl (C=O) groups is 1. The van der Waals surface area contributed by atoms with Gasteiger partial charge in [0.15, 0.2) is 0 Å². The molecule has 150 valence electrons. The number of aromatic nitrogens is 1.